The molecule has 25 heavy (non-hydrogen) atoms. The molecule has 0 unspecified atom stereocenters. The fraction of sp³-hybridized carbons (Fsp3) is 0.650. The molecule has 2 aliphatic rings. The minimum absolute atomic E-state index is 0.0413. The van der Waals surface area contributed by atoms with Crippen molar-refractivity contribution < 1.29 is 4.74 Å². The maximum atomic E-state index is 12.5. The molecule has 1 aromatic carbocycles. The van der Waals surface area contributed by atoms with Gasteiger partial charge in [-0.05, 0) is 63.1 Å². The lowest BCUT2D eigenvalue weighted by Crippen LogP contribution is -2.45. The third-order valence-corrected chi connectivity index (χ3v) is 6.23. The molecule has 0 radical (unpaired) electrons. The molecule has 2 aromatic rings. The fourth-order valence-corrected chi connectivity index (χ4v) is 4.75. The van der Waals surface area contributed by atoms with Gasteiger partial charge in [0.1, 0.15) is 0 Å². The number of aromatic amines is 1. The molecular formula is C20H29N3O2. The van der Waals surface area contributed by atoms with Gasteiger partial charge in [-0.25, -0.2) is 4.79 Å². The van der Waals surface area contributed by atoms with E-state index in [1.54, 1.807) is 0 Å². The minimum Gasteiger partial charge on any atom is -0.381 e. The van der Waals surface area contributed by atoms with E-state index < -0.39 is 0 Å². The van der Waals surface area contributed by atoms with Crippen molar-refractivity contribution in [3.05, 3.63) is 34.2 Å². The van der Waals surface area contributed by atoms with Crippen LogP contribution in [0.2, 0.25) is 0 Å². The summed E-state index contributed by atoms with van der Waals surface area (Å²) < 4.78 is 7.50. The molecule has 136 valence electrons. The first-order chi connectivity index (χ1) is 12.2. The number of hydrogen-bond donors (Lipinski definition) is 1. The quantitative estimate of drug-likeness (QED) is 0.931. The monoisotopic (exact) mass is 343 g/mol. The Morgan fingerprint density at radius 2 is 1.76 bits per heavy atom. The van der Waals surface area contributed by atoms with E-state index >= 15 is 0 Å². The van der Waals surface area contributed by atoms with Gasteiger partial charge in [0.25, 0.3) is 0 Å². The Hall–Kier alpha value is -1.59. The number of aromatic nitrogens is 2. The van der Waals surface area contributed by atoms with Gasteiger partial charge >= 0.3 is 5.69 Å². The maximum Gasteiger partial charge on any atom is 0.326 e. The molecule has 1 aliphatic carbocycles. The molecular weight excluding hydrogens is 314 g/mol. The van der Waals surface area contributed by atoms with Gasteiger partial charge < -0.3 is 14.6 Å². The SMILES string of the molecule is CO[C@H]1CC[C@H](N2CCC(n3c(=O)[nH]c4ccc(C)cc43)CC2)CC1. The van der Waals surface area contributed by atoms with Crippen molar-refractivity contribution in [2.24, 2.45) is 0 Å². The van der Waals surface area contributed by atoms with E-state index in [-0.39, 0.29) is 5.69 Å². The molecule has 2 heterocycles. The molecule has 0 atom stereocenters. The number of rotatable bonds is 3. The van der Waals surface area contributed by atoms with Crippen LogP contribution in [0.15, 0.2) is 23.0 Å². The van der Waals surface area contributed by atoms with Crippen LogP contribution in [0.3, 0.4) is 0 Å². The number of nitrogens with one attached hydrogen (secondary N) is 1. The molecule has 1 aromatic heterocycles. The van der Waals surface area contributed by atoms with Crippen molar-refractivity contribution in [3.63, 3.8) is 0 Å². The van der Waals surface area contributed by atoms with E-state index in [1.807, 2.05) is 17.7 Å². The zero-order valence-corrected chi connectivity index (χ0v) is 15.3. The molecule has 4 rings (SSSR count). The number of likely N-dealkylation sites (tertiary alicyclic amines) is 1. The van der Waals surface area contributed by atoms with Gasteiger partial charge in [-0.3, -0.25) is 4.57 Å². The molecule has 1 saturated carbocycles. The summed E-state index contributed by atoms with van der Waals surface area (Å²) in [4.78, 5) is 18.1. The average Bonchev–Trinajstić information content (AvgIpc) is 2.97. The summed E-state index contributed by atoms with van der Waals surface area (Å²) in [6, 6.07) is 7.22. The number of nitrogens with zero attached hydrogens (tertiary/aromatic N) is 2. The first-order valence-electron chi connectivity index (χ1n) is 9.63. The maximum absolute atomic E-state index is 12.5. The summed E-state index contributed by atoms with van der Waals surface area (Å²) in [7, 11) is 1.83. The first kappa shape index (κ1) is 16.9. The number of hydrogen-bond acceptors (Lipinski definition) is 3. The van der Waals surface area contributed by atoms with Gasteiger partial charge in [-0.15, -0.1) is 0 Å². The predicted octanol–water partition coefficient (Wildman–Crippen LogP) is 3.23. The van der Waals surface area contributed by atoms with Gasteiger partial charge in [0, 0.05) is 32.3 Å². The van der Waals surface area contributed by atoms with Crippen LogP contribution in [0.5, 0.6) is 0 Å². The summed E-state index contributed by atoms with van der Waals surface area (Å²) >= 11 is 0. The van der Waals surface area contributed by atoms with E-state index in [4.69, 9.17) is 4.74 Å². The van der Waals surface area contributed by atoms with Gasteiger partial charge in [0.2, 0.25) is 0 Å². The zero-order chi connectivity index (χ0) is 17.4. The van der Waals surface area contributed by atoms with Crippen LogP contribution in [0, 0.1) is 6.92 Å². The molecule has 1 aliphatic heterocycles. The minimum atomic E-state index is 0.0413. The second-order valence-corrected chi connectivity index (χ2v) is 7.75. The lowest BCUT2D eigenvalue weighted by Gasteiger charge is -2.40. The van der Waals surface area contributed by atoms with Crippen molar-refractivity contribution in [1.29, 1.82) is 0 Å². The standard InChI is InChI=1S/C20H29N3O2/c1-14-3-8-18-19(13-14)23(20(24)21-18)16-9-11-22(12-10-16)15-4-6-17(25-2)7-5-15/h3,8,13,15-17H,4-7,9-12H2,1-2H3,(H,21,24)/t15-,17-. The van der Waals surface area contributed by atoms with Crippen LogP contribution < -0.4 is 5.69 Å². The van der Waals surface area contributed by atoms with Gasteiger partial charge in [0.15, 0.2) is 0 Å². The van der Waals surface area contributed by atoms with Crippen LogP contribution in [0.4, 0.5) is 0 Å². The van der Waals surface area contributed by atoms with Crippen molar-refractivity contribution in [2.75, 3.05) is 20.2 Å². The molecule has 5 nitrogen and oxygen atoms in total. The molecule has 1 saturated heterocycles. The Kier molecular flexibility index (Phi) is 4.69. The van der Waals surface area contributed by atoms with E-state index in [9.17, 15) is 4.79 Å². The van der Waals surface area contributed by atoms with Crippen LogP contribution in [0.1, 0.15) is 50.1 Å². The van der Waals surface area contributed by atoms with Crippen LogP contribution in [0.25, 0.3) is 11.0 Å². The van der Waals surface area contributed by atoms with Crippen LogP contribution in [-0.4, -0.2) is 46.8 Å². The number of fused-ring (bicyclic) bond motifs is 1. The van der Waals surface area contributed by atoms with Gasteiger partial charge in [-0.2, -0.15) is 0 Å². The molecule has 0 spiro atoms. The van der Waals surface area contributed by atoms with Crippen LogP contribution >= 0.6 is 0 Å². The summed E-state index contributed by atoms with van der Waals surface area (Å²) in [5, 5.41) is 0. The van der Waals surface area contributed by atoms with E-state index in [1.165, 1.54) is 31.2 Å². The van der Waals surface area contributed by atoms with Crippen molar-refractivity contribution in [2.45, 2.75) is 63.6 Å². The number of benzene rings is 1. The second-order valence-electron chi connectivity index (χ2n) is 7.75. The third kappa shape index (κ3) is 3.27. The second kappa shape index (κ2) is 6.96. The summed E-state index contributed by atoms with van der Waals surface area (Å²) in [6.07, 6.45) is 7.44. The highest BCUT2D eigenvalue weighted by Crippen LogP contribution is 2.30. The molecule has 2 fully saturated rings. The molecule has 0 amide bonds. The Balaban J connectivity index is 1.45. The summed E-state index contributed by atoms with van der Waals surface area (Å²) in [6.45, 7) is 4.27. The molecule has 5 heteroatoms. The molecule has 0 bridgehead atoms. The van der Waals surface area contributed by atoms with E-state index in [2.05, 4.69) is 28.9 Å². The largest absolute Gasteiger partial charge is 0.381 e. The predicted molar refractivity (Wildman–Crippen MR) is 100 cm³/mol. The highest BCUT2D eigenvalue weighted by molar-refractivity contribution is 5.76. The topological polar surface area (TPSA) is 50.3 Å². The lowest BCUT2D eigenvalue weighted by molar-refractivity contribution is 0.0296. The Bertz CT molecular complexity index is 778. The molecule has 1 N–H and O–H groups in total. The number of aryl methyl sites for hydroxylation is 1. The Morgan fingerprint density at radius 3 is 2.44 bits per heavy atom. The highest BCUT2D eigenvalue weighted by Gasteiger charge is 2.30. The normalized spacial score (nSPS) is 26.3. The fourth-order valence-electron chi connectivity index (χ4n) is 4.75. The number of H-pyrrole nitrogens is 1. The lowest BCUT2D eigenvalue weighted by atomic mass is 9.90. The third-order valence-electron chi connectivity index (χ3n) is 6.23. The van der Waals surface area contributed by atoms with E-state index in [0.717, 1.165) is 37.0 Å². The van der Waals surface area contributed by atoms with Crippen LogP contribution in [-0.2, 0) is 4.74 Å². The smallest absolute Gasteiger partial charge is 0.326 e. The van der Waals surface area contributed by atoms with Crippen molar-refractivity contribution >= 4 is 11.0 Å². The number of piperidine rings is 1. The highest BCUT2D eigenvalue weighted by atomic mass is 16.5. The van der Waals surface area contributed by atoms with Crippen molar-refractivity contribution in [1.82, 2.24) is 14.5 Å². The number of methoxy groups -OCH3 is 1. The zero-order valence-electron chi connectivity index (χ0n) is 15.3. The van der Waals surface area contributed by atoms with Crippen molar-refractivity contribution in [3.8, 4) is 0 Å². The Labute approximate surface area is 149 Å². The van der Waals surface area contributed by atoms with E-state index in [0.29, 0.717) is 18.2 Å². The first-order valence-corrected chi connectivity index (χ1v) is 9.63. The summed E-state index contributed by atoms with van der Waals surface area (Å²) in [5.74, 6) is 0. The van der Waals surface area contributed by atoms with Gasteiger partial charge in [0.05, 0.1) is 17.1 Å². The Morgan fingerprint density at radius 1 is 1.04 bits per heavy atom. The average molecular weight is 343 g/mol. The number of ether oxygens (including phenoxy) is 1. The van der Waals surface area contributed by atoms with Gasteiger partial charge in [-0.1, -0.05) is 6.07 Å². The summed E-state index contributed by atoms with van der Waals surface area (Å²) in [5.41, 5.74) is 3.26. The number of imidazole rings is 1.